The van der Waals surface area contributed by atoms with Gasteiger partial charge in [0.05, 0.1) is 21.5 Å². The summed E-state index contributed by atoms with van der Waals surface area (Å²) in [5.74, 6) is -0.783. The van der Waals surface area contributed by atoms with Crippen molar-refractivity contribution in [1.82, 2.24) is 0 Å². The molecule has 1 aliphatic rings. The lowest BCUT2D eigenvalue weighted by molar-refractivity contribution is -0.275. The van der Waals surface area contributed by atoms with Gasteiger partial charge in [-0.3, -0.25) is 4.79 Å². The third-order valence-electron chi connectivity index (χ3n) is 5.99. The number of carbonyl (C=O) groups excluding carboxylic acids is 1. The second-order valence-corrected chi connectivity index (χ2v) is 12.7. The number of rotatable bonds is 5. The van der Waals surface area contributed by atoms with Crippen molar-refractivity contribution in [1.29, 1.82) is 5.26 Å². The monoisotopic (exact) mass is 559 g/mol. The molecular formula is C24H22Cl2F3N3O3S. The van der Waals surface area contributed by atoms with E-state index in [-0.39, 0.29) is 32.6 Å². The topological polar surface area (TPSA) is 91.9 Å². The first-order valence-electron chi connectivity index (χ1n) is 10.7. The van der Waals surface area contributed by atoms with E-state index in [9.17, 15) is 27.4 Å². The zero-order chi connectivity index (χ0) is 27.1. The van der Waals surface area contributed by atoms with E-state index in [1.165, 1.54) is 38.1 Å². The minimum absolute atomic E-state index is 0.00236. The Kier molecular flexibility index (Phi) is 7.53. The molecule has 3 rings (SSSR count). The maximum atomic E-state index is 14.2. The van der Waals surface area contributed by atoms with Crippen molar-refractivity contribution in [3.05, 3.63) is 68.7 Å². The molecule has 2 aromatic rings. The van der Waals surface area contributed by atoms with Crippen LogP contribution in [0.3, 0.4) is 0 Å². The average Bonchev–Trinajstić information content (AvgIpc) is 3.25. The normalized spacial score (nSPS) is 19.6. The second-order valence-electron chi connectivity index (χ2n) is 8.77. The molecule has 0 fully saturated rings. The fraction of sp³-hybridized carbons (Fsp3) is 0.375. The van der Waals surface area contributed by atoms with Gasteiger partial charge in [-0.2, -0.15) is 22.8 Å². The smallest absolute Gasteiger partial charge is 0.374 e. The Morgan fingerprint density at radius 2 is 1.83 bits per heavy atom. The van der Waals surface area contributed by atoms with E-state index in [2.05, 4.69) is 9.52 Å². The minimum atomic E-state index is -4.84. The lowest BCUT2D eigenvalue weighted by Gasteiger charge is -2.29. The zero-order valence-corrected chi connectivity index (χ0v) is 22.1. The third-order valence-corrected chi connectivity index (χ3v) is 9.36. The summed E-state index contributed by atoms with van der Waals surface area (Å²) in [5.41, 5.74) is -2.28. The fourth-order valence-electron chi connectivity index (χ4n) is 3.72. The fourth-order valence-corrected chi connectivity index (χ4v) is 5.84. The van der Waals surface area contributed by atoms with Crippen molar-refractivity contribution >= 4 is 44.5 Å². The van der Waals surface area contributed by atoms with E-state index in [0.717, 1.165) is 12.1 Å². The number of alkyl halides is 3. The third kappa shape index (κ3) is 4.97. The Labute approximate surface area is 217 Å². The predicted octanol–water partition coefficient (Wildman–Crippen LogP) is 6.81. The van der Waals surface area contributed by atoms with Gasteiger partial charge in [-0.1, -0.05) is 41.3 Å². The highest BCUT2D eigenvalue weighted by molar-refractivity contribution is 7.95. The number of amides is 1. The van der Waals surface area contributed by atoms with Crippen LogP contribution in [0.1, 0.15) is 54.2 Å². The molecule has 1 aliphatic heterocycles. The van der Waals surface area contributed by atoms with Crippen molar-refractivity contribution in [2.24, 2.45) is 9.52 Å². The van der Waals surface area contributed by atoms with Gasteiger partial charge in [0.25, 0.3) is 11.5 Å². The van der Waals surface area contributed by atoms with Crippen LogP contribution in [0.2, 0.25) is 10.0 Å². The lowest BCUT2D eigenvalue weighted by Crippen LogP contribution is -2.42. The van der Waals surface area contributed by atoms with E-state index in [0.29, 0.717) is 11.1 Å². The summed E-state index contributed by atoms with van der Waals surface area (Å²) >= 11 is 11.9. The number of halogens is 5. The van der Waals surface area contributed by atoms with Gasteiger partial charge < -0.3 is 4.84 Å². The molecule has 2 atom stereocenters. The molecule has 0 N–H and O–H groups in total. The summed E-state index contributed by atoms with van der Waals surface area (Å²) in [7, 11) is -3.19. The van der Waals surface area contributed by atoms with Crippen molar-refractivity contribution < 1.29 is 27.0 Å². The lowest BCUT2D eigenvalue weighted by atomic mass is 9.86. The van der Waals surface area contributed by atoms with Gasteiger partial charge in [0.15, 0.2) is 0 Å². The largest absolute Gasteiger partial charge is 0.435 e. The Balaban J connectivity index is 1.98. The molecular weight excluding hydrogens is 538 g/mol. The van der Waals surface area contributed by atoms with Gasteiger partial charge in [0.1, 0.15) is 4.75 Å². The molecule has 2 aromatic carbocycles. The quantitative estimate of drug-likeness (QED) is 0.402. The molecule has 0 aliphatic carbocycles. The van der Waals surface area contributed by atoms with Gasteiger partial charge in [-0.15, -0.1) is 0 Å². The first-order chi connectivity index (χ1) is 16.6. The zero-order valence-electron chi connectivity index (χ0n) is 19.7. The molecule has 0 radical (unpaired) electrons. The van der Waals surface area contributed by atoms with Gasteiger partial charge >= 0.3 is 6.18 Å². The molecule has 0 saturated carbocycles. The van der Waals surface area contributed by atoms with Gasteiger partial charge in [0, 0.05) is 33.3 Å². The molecule has 6 nitrogen and oxygen atoms in total. The standard InChI is InChI=1S/C24H22Cl2F3N3O3S/c1-5-36(34,22(3,4)13-30)32-21(33)19-7-6-15(8-14(19)2)20-12-23(35-31-20,24(27,28)29)16-9-17(25)11-18(26)10-16/h6-11H,5,12H2,1-4H3. The Morgan fingerprint density at radius 1 is 1.22 bits per heavy atom. The second kappa shape index (κ2) is 9.69. The summed E-state index contributed by atoms with van der Waals surface area (Å²) in [6.07, 6.45) is -5.49. The van der Waals surface area contributed by atoms with Crippen LogP contribution in [0.4, 0.5) is 13.2 Å². The van der Waals surface area contributed by atoms with Crippen LogP contribution >= 0.6 is 23.2 Å². The molecule has 0 saturated heterocycles. The van der Waals surface area contributed by atoms with Crippen molar-refractivity contribution in [2.75, 3.05) is 5.75 Å². The summed E-state index contributed by atoms with van der Waals surface area (Å²) in [6, 6.07) is 9.76. The summed E-state index contributed by atoms with van der Waals surface area (Å²) in [4.78, 5) is 17.8. The Bertz CT molecular complexity index is 1400. The Hall–Kier alpha value is -2.61. The maximum Gasteiger partial charge on any atom is 0.435 e. The van der Waals surface area contributed by atoms with Crippen LogP contribution in [-0.2, 0) is 20.2 Å². The Morgan fingerprint density at radius 3 is 2.33 bits per heavy atom. The van der Waals surface area contributed by atoms with Crippen molar-refractivity contribution in [3.8, 4) is 6.07 Å². The predicted molar refractivity (Wildman–Crippen MR) is 133 cm³/mol. The van der Waals surface area contributed by atoms with Crippen LogP contribution in [-0.4, -0.2) is 32.5 Å². The number of nitrogens with zero attached hydrogens (tertiary/aromatic N) is 3. The molecule has 0 bridgehead atoms. The molecule has 1 heterocycles. The number of nitriles is 1. The SMILES string of the molecule is CCS(=O)(=NC(=O)c1ccc(C2=NOC(c3cc(Cl)cc(Cl)c3)(C(F)(F)F)C2)cc1C)C(C)(C)C#N. The molecule has 36 heavy (non-hydrogen) atoms. The van der Waals surface area contributed by atoms with E-state index in [1.807, 2.05) is 6.07 Å². The minimum Gasteiger partial charge on any atom is -0.374 e. The highest BCUT2D eigenvalue weighted by Crippen LogP contribution is 2.49. The molecule has 0 spiro atoms. The molecule has 1 amide bonds. The average molecular weight is 560 g/mol. The number of hydrogen-bond donors (Lipinski definition) is 0. The first kappa shape index (κ1) is 28.0. The van der Waals surface area contributed by atoms with E-state index >= 15 is 0 Å². The highest BCUT2D eigenvalue weighted by atomic mass is 35.5. The van der Waals surface area contributed by atoms with Gasteiger partial charge in [-0.25, -0.2) is 4.21 Å². The van der Waals surface area contributed by atoms with Crippen LogP contribution in [0.15, 0.2) is 45.9 Å². The maximum absolute atomic E-state index is 14.2. The number of carbonyl (C=O) groups is 1. The first-order valence-corrected chi connectivity index (χ1v) is 13.1. The number of benzene rings is 2. The van der Waals surface area contributed by atoms with Crippen LogP contribution in [0.25, 0.3) is 0 Å². The van der Waals surface area contributed by atoms with E-state index in [1.54, 1.807) is 13.8 Å². The molecule has 12 heteroatoms. The summed E-state index contributed by atoms with van der Waals surface area (Å²) in [6.45, 7) is 6.04. The van der Waals surface area contributed by atoms with E-state index < -0.39 is 38.6 Å². The highest BCUT2D eigenvalue weighted by Gasteiger charge is 2.62. The summed E-state index contributed by atoms with van der Waals surface area (Å²) < 4.78 is 58.4. The number of hydrogen-bond acceptors (Lipinski definition) is 5. The van der Waals surface area contributed by atoms with Crippen LogP contribution in [0, 0.1) is 18.3 Å². The molecule has 2 unspecified atom stereocenters. The van der Waals surface area contributed by atoms with Gasteiger partial charge in [-0.05, 0) is 62.2 Å². The number of oxime groups is 1. The van der Waals surface area contributed by atoms with E-state index in [4.69, 9.17) is 28.0 Å². The molecule has 192 valence electrons. The summed E-state index contributed by atoms with van der Waals surface area (Å²) in [5, 5.41) is 13.1. The van der Waals surface area contributed by atoms with Gasteiger partial charge in [0.2, 0.25) is 0 Å². The van der Waals surface area contributed by atoms with Crippen LogP contribution in [0.5, 0.6) is 0 Å². The van der Waals surface area contributed by atoms with Crippen molar-refractivity contribution in [2.45, 2.75) is 50.6 Å². The number of aryl methyl sites for hydroxylation is 1. The molecule has 0 aromatic heterocycles. The van der Waals surface area contributed by atoms with Crippen molar-refractivity contribution in [3.63, 3.8) is 0 Å². The van der Waals surface area contributed by atoms with Crippen LogP contribution < -0.4 is 0 Å².